The van der Waals surface area contributed by atoms with Gasteiger partial charge in [-0.15, -0.1) is 11.8 Å². The minimum atomic E-state index is -0.0141. The fourth-order valence-electron chi connectivity index (χ4n) is 2.20. The summed E-state index contributed by atoms with van der Waals surface area (Å²) in [7, 11) is 0. The molecule has 1 aromatic heterocycles. The molecule has 1 amide bonds. The highest BCUT2D eigenvalue weighted by Gasteiger charge is 2.31. The average Bonchev–Trinajstić information content (AvgIpc) is 3.09. The molecule has 0 radical (unpaired) electrons. The molecule has 1 unspecified atom stereocenters. The van der Waals surface area contributed by atoms with Crippen LogP contribution >= 0.6 is 23.4 Å². The number of thioether (sulfide) groups is 1. The smallest absolute Gasteiger partial charge is 0.245 e. The van der Waals surface area contributed by atoms with Crippen molar-refractivity contribution in [2.75, 3.05) is 12.3 Å². The van der Waals surface area contributed by atoms with E-state index >= 15 is 0 Å². The fourth-order valence-corrected chi connectivity index (χ4v) is 3.82. The van der Waals surface area contributed by atoms with Gasteiger partial charge in [-0.05, 0) is 6.07 Å². The summed E-state index contributed by atoms with van der Waals surface area (Å²) in [6, 6.07) is 7.67. The highest BCUT2D eigenvalue weighted by molar-refractivity contribution is 7.99. The molecule has 0 N–H and O–H groups in total. The van der Waals surface area contributed by atoms with Crippen LogP contribution in [0.5, 0.6) is 0 Å². The van der Waals surface area contributed by atoms with E-state index in [9.17, 15) is 4.79 Å². The number of carbonyl (C=O) groups excluding carboxylic acids is 1. The molecule has 7 heteroatoms. The van der Waals surface area contributed by atoms with Gasteiger partial charge in [0.15, 0.2) is 0 Å². The van der Waals surface area contributed by atoms with Gasteiger partial charge in [0.2, 0.25) is 5.91 Å². The number of hydrogen-bond acceptors (Lipinski definition) is 4. The number of halogens is 1. The normalized spacial score (nSPS) is 18.4. The third kappa shape index (κ3) is 2.66. The Labute approximate surface area is 125 Å². The lowest BCUT2D eigenvalue weighted by Gasteiger charge is -2.24. The van der Waals surface area contributed by atoms with Crippen LogP contribution in [-0.4, -0.2) is 37.9 Å². The molecule has 1 saturated heterocycles. The summed E-state index contributed by atoms with van der Waals surface area (Å²) < 4.78 is 1.54. The number of carbonyl (C=O) groups is 1. The second kappa shape index (κ2) is 5.85. The van der Waals surface area contributed by atoms with Crippen LogP contribution in [-0.2, 0) is 11.3 Å². The first-order valence-electron chi connectivity index (χ1n) is 6.23. The Morgan fingerprint density at radius 1 is 1.45 bits per heavy atom. The molecule has 2 heterocycles. The highest BCUT2D eigenvalue weighted by atomic mass is 35.5. The fraction of sp³-hybridized carbons (Fsp3) is 0.308. The van der Waals surface area contributed by atoms with Crippen molar-refractivity contribution in [3.63, 3.8) is 0 Å². The minimum absolute atomic E-state index is 0.0141. The molecule has 104 valence electrons. The number of rotatable bonds is 3. The van der Waals surface area contributed by atoms with E-state index in [1.165, 1.54) is 11.0 Å². The zero-order valence-electron chi connectivity index (χ0n) is 10.6. The molecule has 1 fully saturated rings. The Bertz CT molecular complexity index is 604. The number of nitrogens with zero attached hydrogens (tertiary/aromatic N) is 4. The van der Waals surface area contributed by atoms with Gasteiger partial charge in [-0.1, -0.05) is 29.8 Å². The molecule has 1 aromatic carbocycles. The number of aromatic nitrogens is 3. The summed E-state index contributed by atoms with van der Waals surface area (Å²) in [5, 5.41) is 4.65. The van der Waals surface area contributed by atoms with Crippen molar-refractivity contribution in [1.82, 2.24) is 19.7 Å². The lowest BCUT2D eigenvalue weighted by atomic mass is 10.2. The van der Waals surface area contributed by atoms with Gasteiger partial charge in [-0.3, -0.25) is 4.79 Å². The third-order valence-corrected chi connectivity index (χ3v) is 4.73. The van der Waals surface area contributed by atoms with Crippen molar-refractivity contribution >= 4 is 29.3 Å². The Kier molecular flexibility index (Phi) is 3.93. The Balaban J connectivity index is 1.79. The summed E-state index contributed by atoms with van der Waals surface area (Å²) in [5.41, 5.74) is 0.989. The van der Waals surface area contributed by atoms with Gasteiger partial charge in [-0.25, -0.2) is 9.67 Å². The van der Waals surface area contributed by atoms with Crippen LogP contribution in [0.15, 0.2) is 36.9 Å². The molecule has 0 bridgehead atoms. The van der Waals surface area contributed by atoms with Crippen molar-refractivity contribution in [2.24, 2.45) is 0 Å². The SMILES string of the molecule is O=C(Cn1cncn1)N1CCSC1c1ccccc1Cl. The van der Waals surface area contributed by atoms with E-state index in [4.69, 9.17) is 11.6 Å². The van der Waals surface area contributed by atoms with Crippen molar-refractivity contribution in [1.29, 1.82) is 0 Å². The summed E-state index contributed by atoms with van der Waals surface area (Å²) in [6.45, 7) is 0.940. The first-order valence-corrected chi connectivity index (χ1v) is 7.66. The molecule has 5 nitrogen and oxygen atoms in total. The first-order chi connectivity index (χ1) is 9.75. The van der Waals surface area contributed by atoms with Crippen LogP contribution in [0.25, 0.3) is 0 Å². The van der Waals surface area contributed by atoms with Gasteiger partial charge in [0.1, 0.15) is 24.6 Å². The maximum absolute atomic E-state index is 12.4. The molecular formula is C13H13ClN4OS. The van der Waals surface area contributed by atoms with Crippen molar-refractivity contribution in [3.05, 3.63) is 47.5 Å². The highest BCUT2D eigenvalue weighted by Crippen LogP contribution is 2.40. The topological polar surface area (TPSA) is 51.0 Å². The predicted octanol–water partition coefficient (Wildman–Crippen LogP) is 2.21. The van der Waals surface area contributed by atoms with Crippen molar-refractivity contribution in [3.8, 4) is 0 Å². The van der Waals surface area contributed by atoms with Crippen molar-refractivity contribution in [2.45, 2.75) is 11.9 Å². The van der Waals surface area contributed by atoms with E-state index in [1.807, 2.05) is 29.2 Å². The van der Waals surface area contributed by atoms with Gasteiger partial charge in [0.05, 0.1) is 0 Å². The summed E-state index contributed by atoms with van der Waals surface area (Å²) >= 11 is 7.97. The van der Waals surface area contributed by atoms with Gasteiger partial charge < -0.3 is 4.90 Å². The maximum Gasteiger partial charge on any atom is 0.245 e. The van der Waals surface area contributed by atoms with E-state index in [0.29, 0.717) is 5.02 Å². The van der Waals surface area contributed by atoms with E-state index in [2.05, 4.69) is 10.1 Å². The third-order valence-electron chi connectivity index (χ3n) is 3.15. The molecule has 1 aliphatic heterocycles. The Hall–Kier alpha value is -1.53. The standard InChI is InChI=1S/C13H13ClN4OS/c14-11-4-2-1-3-10(11)13-18(5-6-20-13)12(19)7-17-9-15-8-16-17/h1-4,8-9,13H,5-7H2. The Morgan fingerprint density at radius 3 is 3.05 bits per heavy atom. The van der Waals surface area contributed by atoms with E-state index in [1.54, 1.807) is 18.1 Å². The molecular weight excluding hydrogens is 296 g/mol. The van der Waals surface area contributed by atoms with Gasteiger partial charge >= 0.3 is 0 Å². The quantitative estimate of drug-likeness (QED) is 0.872. The molecule has 1 aliphatic rings. The van der Waals surface area contributed by atoms with Gasteiger partial charge in [-0.2, -0.15) is 5.10 Å². The van der Waals surface area contributed by atoms with Crippen LogP contribution in [0.3, 0.4) is 0 Å². The Morgan fingerprint density at radius 2 is 2.30 bits per heavy atom. The van der Waals surface area contributed by atoms with Crippen LogP contribution in [0.2, 0.25) is 5.02 Å². The summed E-state index contributed by atoms with van der Waals surface area (Å²) in [6.07, 6.45) is 2.98. The van der Waals surface area contributed by atoms with Crippen LogP contribution in [0.4, 0.5) is 0 Å². The average molecular weight is 309 g/mol. The van der Waals surface area contributed by atoms with E-state index < -0.39 is 0 Å². The lowest BCUT2D eigenvalue weighted by Crippen LogP contribution is -2.33. The summed E-state index contributed by atoms with van der Waals surface area (Å²) in [5.74, 6) is 0.948. The van der Waals surface area contributed by atoms with Gasteiger partial charge in [0, 0.05) is 22.9 Å². The van der Waals surface area contributed by atoms with Crippen LogP contribution in [0.1, 0.15) is 10.9 Å². The molecule has 2 aromatic rings. The van der Waals surface area contributed by atoms with Crippen molar-refractivity contribution < 1.29 is 4.79 Å². The minimum Gasteiger partial charge on any atom is -0.324 e. The van der Waals surface area contributed by atoms with E-state index in [0.717, 1.165) is 17.9 Å². The van der Waals surface area contributed by atoms with Gasteiger partial charge in [0.25, 0.3) is 0 Å². The van der Waals surface area contributed by atoms with Crippen LogP contribution in [0, 0.1) is 0 Å². The molecule has 0 aliphatic carbocycles. The predicted molar refractivity (Wildman–Crippen MR) is 78.4 cm³/mol. The molecule has 20 heavy (non-hydrogen) atoms. The number of benzene rings is 1. The number of hydrogen-bond donors (Lipinski definition) is 0. The zero-order chi connectivity index (χ0) is 13.9. The largest absolute Gasteiger partial charge is 0.324 e. The van der Waals surface area contributed by atoms with Crippen LogP contribution < -0.4 is 0 Å². The molecule has 0 saturated carbocycles. The molecule has 1 atom stereocenters. The second-order valence-corrected chi connectivity index (χ2v) is 6.02. The number of amides is 1. The maximum atomic E-state index is 12.4. The van der Waals surface area contributed by atoms with E-state index in [-0.39, 0.29) is 17.8 Å². The zero-order valence-corrected chi connectivity index (χ0v) is 12.2. The molecule has 0 spiro atoms. The molecule has 3 rings (SSSR count). The summed E-state index contributed by atoms with van der Waals surface area (Å²) in [4.78, 5) is 18.1. The monoisotopic (exact) mass is 308 g/mol. The first kappa shape index (κ1) is 13.5. The lowest BCUT2D eigenvalue weighted by molar-refractivity contribution is -0.132. The second-order valence-electron chi connectivity index (χ2n) is 4.42.